The molecule has 2 aromatic rings. The van der Waals surface area contributed by atoms with Gasteiger partial charge in [-0.3, -0.25) is 9.59 Å². The van der Waals surface area contributed by atoms with Gasteiger partial charge in [-0.25, -0.2) is 9.69 Å². The monoisotopic (exact) mass is 328 g/mol. The fourth-order valence-electron chi connectivity index (χ4n) is 3.30. The minimum absolute atomic E-state index is 0.0237. The smallest absolute Gasteiger partial charge is 0.363 e. The van der Waals surface area contributed by atoms with Crippen molar-refractivity contribution >= 4 is 34.2 Å². The zero-order chi connectivity index (χ0) is 17.3. The molecule has 1 aromatic heterocycles. The van der Waals surface area contributed by atoms with E-state index in [9.17, 15) is 14.4 Å². The van der Waals surface area contributed by atoms with Gasteiger partial charge in [-0.15, -0.1) is 0 Å². The Morgan fingerprint density at radius 1 is 1.04 bits per heavy atom. The predicted octanol–water partition coefficient (Wildman–Crippen LogP) is 2.68. The number of piperidine rings is 1. The summed E-state index contributed by atoms with van der Waals surface area (Å²) in [5, 5.41) is 0.738. The number of imide groups is 1. The number of para-hydroxylation sites is 1. The average Bonchev–Trinajstić information content (AvgIpc) is 2.55. The average molecular weight is 328 g/mol. The van der Waals surface area contributed by atoms with Crippen LogP contribution in [0.25, 0.3) is 11.0 Å². The third kappa shape index (κ3) is 2.79. The van der Waals surface area contributed by atoms with E-state index in [1.807, 2.05) is 12.1 Å². The molecule has 1 saturated heterocycles. The van der Waals surface area contributed by atoms with Gasteiger partial charge in [0.15, 0.2) is 5.69 Å². The zero-order valence-corrected chi connectivity index (χ0v) is 13.9. The van der Waals surface area contributed by atoms with Gasteiger partial charge in [-0.2, -0.15) is 0 Å². The van der Waals surface area contributed by atoms with Crippen molar-refractivity contribution in [3.05, 3.63) is 34.7 Å². The van der Waals surface area contributed by atoms with Gasteiger partial charge >= 0.3 is 5.63 Å². The molecule has 0 atom stereocenters. The number of carbonyl (C=O) groups is 2. The number of hydrogen-bond donors (Lipinski definition) is 0. The summed E-state index contributed by atoms with van der Waals surface area (Å²) in [6, 6.07) is 7.22. The molecule has 126 valence electrons. The van der Waals surface area contributed by atoms with Gasteiger partial charge in [0.1, 0.15) is 5.58 Å². The molecule has 1 aromatic carbocycles. The van der Waals surface area contributed by atoms with Gasteiger partial charge in [0.2, 0.25) is 11.8 Å². The van der Waals surface area contributed by atoms with E-state index >= 15 is 0 Å². The van der Waals surface area contributed by atoms with E-state index < -0.39 is 17.4 Å². The second-order valence-corrected chi connectivity index (χ2v) is 6.00. The van der Waals surface area contributed by atoms with Crippen molar-refractivity contribution in [2.45, 2.75) is 33.1 Å². The minimum atomic E-state index is -0.667. The number of nitrogens with zero attached hydrogens (tertiary/aromatic N) is 2. The topological polar surface area (TPSA) is 70.8 Å². The van der Waals surface area contributed by atoms with Crippen molar-refractivity contribution in [3.8, 4) is 0 Å². The molecule has 1 aliphatic rings. The Balaban J connectivity index is 2.34. The van der Waals surface area contributed by atoms with Crippen molar-refractivity contribution in [2.75, 3.05) is 22.9 Å². The van der Waals surface area contributed by atoms with Crippen LogP contribution in [0.5, 0.6) is 0 Å². The van der Waals surface area contributed by atoms with Crippen LogP contribution in [0.15, 0.2) is 33.5 Å². The summed E-state index contributed by atoms with van der Waals surface area (Å²) < 4.78 is 5.38. The summed E-state index contributed by atoms with van der Waals surface area (Å²) in [6.45, 7) is 4.11. The Labute approximate surface area is 139 Å². The first-order chi connectivity index (χ1) is 11.5. The Bertz CT molecular complexity index is 836. The maximum atomic E-state index is 12.6. The maximum Gasteiger partial charge on any atom is 0.363 e. The first-order valence-electron chi connectivity index (χ1n) is 8.12. The number of benzene rings is 1. The van der Waals surface area contributed by atoms with Crippen LogP contribution in [0.1, 0.15) is 33.1 Å². The van der Waals surface area contributed by atoms with Crippen LogP contribution in [-0.4, -0.2) is 24.9 Å². The van der Waals surface area contributed by atoms with Gasteiger partial charge in [-0.05, 0) is 31.4 Å². The van der Waals surface area contributed by atoms with E-state index in [2.05, 4.69) is 4.90 Å². The highest BCUT2D eigenvalue weighted by molar-refractivity contribution is 6.17. The van der Waals surface area contributed by atoms with Gasteiger partial charge in [0.25, 0.3) is 0 Å². The second-order valence-electron chi connectivity index (χ2n) is 6.00. The van der Waals surface area contributed by atoms with Crippen molar-refractivity contribution in [3.63, 3.8) is 0 Å². The zero-order valence-electron chi connectivity index (χ0n) is 13.9. The lowest BCUT2D eigenvalue weighted by Gasteiger charge is -2.32. The lowest BCUT2D eigenvalue weighted by Crippen LogP contribution is -2.39. The Morgan fingerprint density at radius 3 is 2.29 bits per heavy atom. The summed E-state index contributed by atoms with van der Waals surface area (Å²) >= 11 is 0. The molecule has 2 amide bonds. The summed E-state index contributed by atoms with van der Waals surface area (Å²) in [5.74, 6) is -0.994. The molecule has 0 N–H and O–H groups in total. The van der Waals surface area contributed by atoms with Gasteiger partial charge in [-0.1, -0.05) is 12.1 Å². The minimum Gasteiger partial charge on any atom is -0.421 e. The second kappa shape index (κ2) is 6.47. The summed E-state index contributed by atoms with van der Waals surface area (Å²) in [5.41, 5.74) is 0.432. The summed E-state index contributed by atoms with van der Waals surface area (Å²) in [7, 11) is 0. The number of anilines is 2. The lowest BCUT2D eigenvalue weighted by molar-refractivity contribution is -0.124. The lowest BCUT2D eigenvalue weighted by atomic mass is 10.1. The molecule has 3 rings (SSSR count). The molecule has 24 heavy (non-hydrogen) atoms. The highest BCUT2D eigenvalue weighted by atomic mass is 16.4. The summed E-state index contributed by atoms with van der Waals surface area (Å²) in [4.78, 5) is 39.6. The molecule has 6 heteroatoms. The quantitative estimate of drug-likeness (QED) is 0.793. The fraction of sp³-hybridized carbons (Fsp3) is 0.389. The van der Waals surface area contributed by atoms with Gasteiger partial charge in [0, 0.05) is 32.3 Å². The Kier molecular flexibility index (Phi) is 4.38. The van der Waals surface area contributed by atoms with E-state index in [-0.39, 0.29) is 5.69 Å². The molecule has 0 aliphatic carbocycles. The van der Waals surface area contributed by atoms with Crippen LogP contribution in [0, 0.1) is 0 Å². The van der Waals surface area contributed by atoms with Crippen molar-refractivity contribution in [1.29, 1.82) is 0 Å². The molecule has 2 heterocycles. The van der Waals surface area contributed by atoms with Crippen LogP contribution in [0.4, 0.5) is 11.4 Å². The normalized spacial score (nSPS) is 14.7. The number of amides is 2. The van der Waals surface area contributed by atoms with Crippen molar-refractivity contribution < 1.29 is 14.0 Å². The maximum absolute atomic E-state index is 12.6. The van der Waals surface area contributed by atoms with E-state index in [0.29, 0.717) is 11.3 Å². The molecular weight excluding hydrogens is 308 g/mol. The first kappa shape index (κ1) is 16.2. The fourth-order valence-corrected chi connectivity index (χ4v) is 3.30. The number of carbonyl (C=O) groups excluding carboxylic acids is 2. The van der Waals surface area contributed by atoms with Crippen LogP contribution in [0.3, 0.4) is 0 Å². The standard InChI is InChI=1S/C18H20N2O4/c1-12(21)20(13(2)22)17-16(19-10-6-3-7-11-19)14-8-4-5-9-15(14)24-18(17)23/h4-5,8-9H,3,6-7,10-11H2,1-2H3. The first-order valence-corrected chi connectivity index (χ1v) is 8.12. The third-order valence-corrected chi connectivity index (χ3v) is 4.29. The van der Waals surface area contributed by atoms with Crippen LogP contribution in [0.2, 0.25) is 0 Å². The molecule has 0 radical (unpaired) electrons. The predicted molar refractivity (Wildman–Crippen MR) is 92.4 cm³/mol. The van der Waals surface area contributed by atoms with Crippen LogP contribution < -0.4 is 15.4 Å². The number of rotatable bonds is 2. The number of hydrogen-bond acceptors (Lipinski definition) is 5. The van der Waals surface area contributed by atoms with E-state index in [0.717, 1.165) is 42.6 Å². The third-order valence-electron chi connectivity index (χ3n) is 4.29. The largest absolute Gasteiger partial charge is 0.421 e. The van der Waals surface area contributed by atoms with Gasteiger partial charge < -0.3 is 9.32 Å². The molecule has 0 bridgehead atoms. The van der Waals surface area contributed by atoms with E-state index in [1.54, 1.807) is 12.1 Å². The van der Waals surface area contributed by atoms with Crippen LogP contribution >= 0.6 is 0 Å². The molecule has 0 spiro atoms. The molecular formula is C18H20N2O4. The Hall–Kier alpha value is -2.63. The molecule has 6 nitrogen and oxygen atoms in total. The van der Waals surface area contributed by atoms with Gasteiger partial charge in [0.05, 0.1) is 5.69 Å². The summed E-state index contributed by atoms with van der Waals surface area (Å²) in [6.07, 6.45) is 3.15. The number of fused-ring (bicyclic) bond motifs is 1. The Morgan fingerprint density at radius 2 is 1.67 bits per heavy atom. The van der Waals surface area contributed by atoms with Crippen molar-refractivity contribution in [2.24, 2.45) is 0 Å². The van der Waals surface area contributed by atoms with Crippen molar-refractivity contribution in [1.82, 2.24) is 0 Å². The van der Waals surface area contributed by atoms with E-state index in [1.165, 1.54) is 13.8 Å². The highest BCUT2D eigenvalue weighted by Crippen LogP contribution is 2.36. The van der Waals surface area contributed by atoms with E-state index in [4.69, 9.17) is 4.42 Å². The van der Waals surface area contributed by atoms with Crippen LogP contribution in [-0.2, 0) is 9.59 Å². The SMILES string of the molecule is CC(=O)N(C(C)=O)c1c(N2CCCCC2)c2ccccc2oc1=O. The molecule has 1 aliphatic heterocycles. The molecule has 0 saturated carbocycles. The highest BCUT2D eigenvalue weighted by Gasteiger charge is 2.29. The molecule has 1 fully saturated rings. The molecule has 0 unspecified atom stereocenters.